The summed E-state index contributed by atoms with van der Waals surface area (Å²) in [5.41, 5.74) is 0.238. The molecule has 130 valence electrons. The van der Waals surface area contributed by atoms with Gasteiger partial charge in [-0.3, -0.25) is 9.69 Å². The van der Waals surface area contributed by atoms with Gasteiger partial charge in [0.25, 0.3) is 0 Å². The van der Waals surface area contributed by atoms with Gasteiger partial charge in [0, 0.05) is 13.1 Å². The molecule has 1 aromatic carbocycles. The van der Waals surface area contributed by atoms with Crippen LogP contribution in [0.2, 0.25) is 0 Å². The highest BCUT2D eigenvalue weighted by molar-refractivity contribution is 5.77. The van der Waals surface area contributed by atoms with E-state index < -0.39 is 0 Å². The van der Waals surface area contributed by atoms with Crippen molar-refractivity contribution in [3.8, 4) is 11.5 Å². The van der Waals surface area contributed by atoms with E-state index >= 15 is 0 Å². The Bertz CT molecular complexity index is 483. The summed E-state index contributed by atoms with van der Waals surface area (Å²) in [6.07, 6.45) is 0.972. The van der Waals surface area contributed by atoms with Crippen molar-refractivity contribution in [3.63, 3.8) is 0 Å². The van der Waals surface area contributed by atoms with Crippen LogP contribution in [-0.4, -0.2) is 51.2 Å². The fourth-order valence-corrected chi connectivity index (χ4v) is 2.01. The number of amides is 1. The van der Waals surface area contributed by atoms with Crippen molar-refractivity contribution in [1.82, 2.24) is 10.2 Å². The lowest BCUT2D eigenvalue weighted by Crippen LogP contribution is -2.38. The smallest absolute Gasteiger partial charge is 0.234 e. The van der Waals surface area contributed by atoms with E-state index in [1.54, 1.807) is 7.11 Å². The van der Waals surface area contributed by atoms with Crippen LogP contribution in [-0.2, 0) is 4.79 Å². The van der Waals surface area contributed by atoms with Gasteiger partial charge in [0.1, 0.15) is 6.61 Å². The molecular formula is C18H30N2O3. The van der Waals surface area contributed by atoms with E-state index in [1.165, 1.54) is 0 Å². The predicted molar refractivity (Wildman–Crippen MR) is 93.1 cm³/mol. The Labute approximate surface area is 140 Å². The number of hydrogen-bond acceptors (Lipinski definition) is 4. The number of nitrogens with one attached hydrogen (secondary N) is 1. The Morgan fingerprint density at radius 3 is 2.48 bits per heavy atom. The van der Waals surface area contributed by atoms with Crippen LogP contribution >= 0.6 is 0 Å². The number of carbonyl (C=O) groups is 1. The fraction of sp³-hybridized carbons (Fsp3) is 0.611. The molecule has 0 aliphatic carbocycles. The van der Waals surface area contributed by atoms with Crippen LogP contribution in [0.25, 0.3) is 0 Å². The molecule has 0 bridgehead atoms. The molecule has 1 aromatic rings. The van der Waals surface area contributed by atoms with Crippen molar-refractivity contribution >= 4 is 5.91 Å². The molecule has 0 aromatic heterocycles. The lowest BCUT2D eigenvalue weighted by atomic mass is 9.92. The highest BCUT2D eigenvalue weighted by atomic mass is 16.5. The zero-order chi connectivity index (χ0) is 17.3. The second-order valence-corrected chi connectivity index (χ2v) is 6.90. The number of para-hydroxylation sites is 2. The van der Waals surface area contributed by atoms with Gasteiger partial charge in [0.15, 0.2) is 11.5 Å². The first-order chi connectivity index (χ1) is 10.8. The van der Waals surface area contributed by atoms with Crippen molar-refractivity contribution in [1.29, 1.82) is 0 Å². The zero-order valence-corrected chi connectivity index (χ0v) is 15.0. The van der Waals surface area contributed by atoms with E-state index in [9.17, 15) is 4.79 Å². The maximum absolute atomic E-state index is 11.9. The SMILES string of the molecule is COc1ccccc1OCCN(C)CC(=O)NCCC(C)(C)C. The number of ether oxygens (including phenoxy) is 2. The molecule has 0 aliphatic heterocycles. The fourth-order valence-electron chi connectivity index (χ4n) is 2.01. The molecule has 1 amide bonds. The van der Waals surface area contributed by atoms with Gasteiger partial charge in [0.05, 0.1) is 13.7 Å². The van der Waals surface area contributed by atoms with Crippen LogP contribution in [0.15, 0.2) is 24.3 Å². The third-order valence-corrected chi connectivity index (χ3v) is 3.41. The Hall–Kier alpha value is -1.75. The topological polar surface area (TPSA) is 50.8 Å². The Balaban J connectivity index is 2.23. The van der Waals surface area contributed by atoms with Crippen molar-refractivity contribution in [2.45, 2.75) is 27.2 Å². The first kappa shape index (κ1) is 19.3. The summed E-state index contributed by atoms with van der Waals surface area (Å²) in [7, 11) is 3.53. The summed E-state index contributed by atoms with van der Waals surface area (Å²) in [4.78, 5) is 13.8. The number of carbonyl (C=O) groups excluding carboxylic acids is 1. The molecule has 0 spiro atoms. The van der Waals surface area contributed by atoms with Crippen LogP contribution in [0.4, 0.5) is 0 Å². The molecule has 0 heterocycles. The van der Waals surface area contributed by atoms with Gasteiger partial charge in [0.2, 0.25) is 5.91 Å². The van der Waals surface area contributed by atoms with Crippen LogP contribution in [0.1, 0.15) is 27.2 Å². The second kappa shape index (κ2) is 9.40. The summed E-state index contributed by atoms with van der Waals surface area (Å²) < 4.78 is 10.9. The molecule has 0 unspecified atom stereocenters. The minimum atomic E-state index is 0.0500. The average Bonchev–Trinajstić information content (AvgIpc) is 2.46. The molecule has 0 atom stereocenters. The van der Waals surface area contributed by atoms with Gasteiger partial charge < -0.3 is 14.8 Å². The molecule has 0 saturated heterocycles. The number of methoxy groups -OCH3 is 1. The van der Waals surface area contributed by atoms with Gasteiger partial charge in [-0.05, 0) is 31.0 Å². The Morgan fingerprint density at radius 2 is 1.87 bits per heavy atom. The Kier molecular flexibility index (Phi) is 7.89. The molecule has 0 saturated carbocycles. The van der Waals surface area contributed by atoms with Crippen molar-refractivity contribution in [3.05, 3.63) is 24.3 Å². The monoisotopic (exact) mass is 322 g/mol. The quantitative estimate of drug-likeness (QED) is 0.759. The van der Waals surface area contributed by atoms with Gasteiger partial charge >= 0.3 is 0 Å². The molecule has 0 aliphatic rings. The summed E-state index contributed by atoms with van der Waals surface area (Å²) in [6, 6.07) is 7.55. The lowest BCUT2D eigenvalue weighted by Gasteiger charge is -2.20. The minimum Gasteiger partial charge on any atom is -0.493 e. The largest absolute Gasteiger partial charge is 0.493 e. The first-order valence-corrected chi connectivity index (χ1v) is 8.03. The van der Waals surface area contributed by atoms with E-state index in [2.05, 4.69) is 26.1 Å². The second-order valence-electron chi connectivity index (χ2n) is 6.90. The molecule has 0 radical (unpaired) electrons. The number of nitrogens with zero attached hydrogens (tertiary/aromatic N) is 1. The molecule has 1 N–H and O–H groups in total. The summed E-state index contributed by atoms with van der Waals surface area (Å²) in [6.45, 7) is 8.77. The van der Waals surface area contributed by atoms with E-state index in [0.29, 0.717) is 26.2 Å². The van der Waals surface area contributed by atoms with Crippen LogP contribution < -0.4 is 14.8 Å². The summed E-state index contributed by atoms with van der Waals surface area (Å²) in [5.74, 6) is 1.49. The predicted octanol–water partition coefficient (Wildman–Crippen LogP) is 2.56. The van der Waals surface area contributed by atoms with Gasteiger partial charge in [-0.2, -0.15) is 0 Å². The molecule has 23 heavy (non-hydrogen) atoms. The van der Waals surface area contributed by atoms with Crippen LogP contribution in [0, 0.1) is 5.41 Å². The van der Waals surface area contributed by atoms with E-state index in [0.717, 1.165) is 17.9 Å². The van der Waals surface area contributed by atoms with E-state index in [1.807, 2.05) is 36.2 Å². The third kappa shape index (κ3) is 8.45. The number of benzene rings is 1. The normalized spacial score (nSPS) is 11.4. The maximum atomic E-state index is 11.9. The number of rotatable bonds is 9. The maximum Gasteiger partial charge on any atom is 0.234 e. The highest BCUT2D eigenvalue weighted by Gasteiger charge is 2.11. The molecule has 1 rings (SSSR count). The summed E-state index contributed by atoms with van der Waals surface area (Å²) >= 11 is 0. The number of hydrogen-bond donors (Lipinski definition) is 1. The highest BCUT2D eigenvalue weighted by Crippen LogP contribution is 2.25. The minimum absolute atomic E-state index is 0.0500. The van der Waals surface area contributed by atoms with Gasteiger partial charge in [-0.25, -0.2) is 0 Å². The molecule has 0 fully saturated rings. The standard InChI is InChI=1S/C18H30N2O3/c1-18(2,3)10-11-19-17(21)14-20(4)12-13-23-16-9-7-6-8-15(16)22-5/h6-9H,10-14H2,1-5H3,(H,19,21). The third-order valence-electron chi connectivity index (χ3n) is 3.41. The first-order valence-electron chi connectivity index (χ1n) is 8.03. The van der Waals surface area contributed by atoms with Crippen molar-refractivity contribution in [2.24, 2.45) is 5.41 Å². The van der Waals surface area contributed by atoms with E-state index in [4.69, 9.17) is 9.47 Å². The summed E-state index contributed by atoms with van der Waals surface area (Å²) in [5, 5.41) is 2.96. The lowest BCUT2D eigenvalue weighted by molar-refractivity contribution is -0.122. The van der Waals surface area contributed by atoms with Crippen molar-refractivity contribution < 1.29 is 14.3 Å². The molecule has 5 nitrogen and oxygen atoms in total. The molecular weight excluding hydrogens is 292 g/mol. The van der Waals surface area contributed by atoms with E-state index in [-0.39, 0.29) is 11.3 Å². The number of likely N-dealkylation sites (N-methyl/N-ethyl adjacent to an activating group) is 1. The van der Waals surface area contributed by atoms with Gasteiger partial charge in [-0.15, -0.1) is 0 Å². The average molecular weight is 322 g/mol. The van der Waals surface area contributed by atoms with Crippen molar-refractivity contribution in [2.75, 3.05) is 40.4 Å². The molecule has 5 heteroatoms. The van der Waals surface area contributed by atoms with Gasteiger partial charge in [-0.1, -0.05) is 32.9 Å². The zero-order valence-electron chi connectivity index (χ0n) is 15.0. The van der Waals surface area contributed by atoms with Crippen LogP contribution in [0.3, 0.4) is 0 Å². The van der Waals surface area contributed by atoms with Crippen LogP contribution in [0.5, 0.6) is 11.5 Å². The Morgan fingerprint density at radius 1 is 1.22 bits per heavy atom.